The predicted molar refractivity (Wildman–Crippen MR) is 89.7 cm³/mol. The molecule has 0 unspecified atom stereocenters. The number of carbonyl (C=O) groups excluding carboxylic acids is 1. The van der Waals surface area contributed by atoms with Crippen molar-refractivity contribution in [2.24, 2.45) is 5.92 Å². The molecule has 0 atom stereocenters. The number of benzene rings is 1. The minimum atomic E-state index is 0.118. The molecule has 1 aromatic carbocycles. The molecule has 2 N–H and O–H groups in total. The van der Waals surface area contributed by atoms with Crippen LogP contribution < -0.4 is 10.6 Å². The Bertz CT molecular complexity index is 765. The molecule has 1 fully saturated rings. The second-order valence-electron chi connectivity index (χ2n) is 6.48. The third-order valence-corrected chi connectivity index (χ3v) is 4.57. The highest BCUT2D eigenvalue weighted by Gasteiger charge is 2.29. The van der Waals surface area contributed by atoms with Gasteiger partial charge in [-0.15, -0.1) is 0 Å². The number of ether oxygens (including phenoxy) is 1. The Balaban J connectivity index is 1.45. The topological polar surface area (TPSA) is 76.4 Å². The van der Waals surface area contributed by atoms with E-state index in [1.54, 1.807) is 0 Å². The summed E-state index contributed by atoms with van der Waals surface area (Å²) in [7, 11) is 0. The summed E-state index contributed by atoms with van der Waals surface area (Å²) in [6, 6.07) is 5.91. The monoisotopic (exact) mass is 327 g/mol. The highest BCUT2D eigenvalue weighted by molar-refractivity contribution is 5.94. The second kappa shape index (κ2) is 6.28. The van der Waals surface area contributed by atoms with E-state index in [0.717, 1.165) is 53.2 Å². The van der Waals surface area contributed by atoms with E-state index in [1.807, 2.05) is 25.1 Å². The fraction of sp³-hybridized carbons (Fsp3) is 0.444. The fourth-order valence-electron chi connectivity index (χ4n) is 2.88. The van der Waals surface area contributed by atoms with E-state index in [0.29, 0.717) is 19.8 Å². The number of rotatable bonds is 5. The summed E-state index contributed by atoms with van der Waals surface area (Å²) >= 11 is 0. The lowest BCUT2D eigenvalue weighted by atomic mass is 10.1. The average Bonchev–Trinajstić information content (AvgIpc) is 3.37. The van der Waals surface area contributed by atoms with E-state index in [1.165, 1.54) is 0 Å². The number of aryl methyl sites for hydroxylation is 1. The summed E-state index contributed by atoms with van der Waals surface area (Å²) in [6.45, 7) is 3.86. The van der Waals surface area contributed by atoms with Crippen molar-refractivity contribution >= 4 is 17.3 Å². The van der Waals surface area contributed by atoms with Crippen LogP contribution in [-0.2, 0) is 29.1 Å². The first-order valence-electron chi connectivity index (χ1n) is 8.40. The second-order valence-corrected chi connectivity index (χ2v) is 6.48. The Morgan fingerprint density at radius 1 is 1.38 bits per heavy atom. The molecule has 2 aromatic rings. The zero-order valence-electron chi connectivity index (χ0n) is 13.7. The summed E-state index contributed by atoms with van der Waals surface area (Å²) in [6.07, 6.45) is 2.79. The largest absolute Gasteiger partial charge is 0.379 e. The summed E-state index contributed by atoms with van der Waals surface area (Å²) in [4.78, 5) is 11.9. The van der Waals surface area contributed by atoms with Crippen LogP contribution in [0.5, 0.6) is 0 Å². The Labute approximate surface area is 140 Å². The fourth-order valence-corrected chi connectivity index (χ4v) is 2.88. The van der Waals surface area contributed by atoms with Crippen molar-refractivity contribution in [1.82, 2.24) is 5.16 Å². The minimum absolute atomic E-state index is 0.118. The van der Waals surface area contributed by atoms with Crippen molar-refractivity contribution in [3.63, 3.8) is 0 Å². The average molecular weight is 327 g/mol. The van der Waals surface area contributed by atoms with E-state index < -0.39 is 0 Å². The molecule has 1 saturated carbocycles. The van der Waals surface area contributed by atoms with Crippen LogP contribution in [0.15, 0.2) is 22.7 Å². The molecule has 1 aliphatic carbocycles. The number of hydrogen-bond donors (Lipinski definition) is 2. The summed E-state index contributed by atoms with van der Waals surface area (Å²) in [5.74, 6) is 1.25. The van der Waals surface area contributed by atoms with Gasteiger partial charge in [0.1, 0.15) is 11.5 Å². The molecule has 24 heavy (non-hydrogen) atoms. The molecule has 126 valence electrons. The van der Waals surface area contributed by atoms with Crippen molar-refractivity contribution in [2.75, 3.05) is 17.2 Å². The van der Waals surface area contributed by atoms with Crippen LogP contribution in [0.4, 0.5) is 11.4 Å². The third kappa shape index (κ3) is 3.14. The molecule has 2 heterocycles. The van der Waals surface area contributed by atoms with Crippen LogP contribution in [0.25, 0.3) is 0 Å². The summed E-state index contributed by atoms with van der Waals surface area (Å²) in [5, 5.41) is 10.5. The van der Waals surface area contributed by atoms with Gasteiger partial charge < -0.3 is 19.9 Å². The maximum atomic E-state index is 11.9. The van der Waals surface area contributed by atoms with E-state index in [2.05, 4.69) is 15.8 Å². The summed E-state index contributed by atoms with van der Waals surface area (Å²) in [5.41, 5.74) is 4.87. The molecule has 0 spiro atoms. The number of fused-ring (bicyclic) bond motifs is 1. The van der Waals surface area contributed by atoms with Crippen molar-refractivity contribution in [2.45, 2.75) is 39.3 Å². The van der Waals surface area contributed by atoms with Gasteiger partial charge in [-0.1, -0.05) is 11.2 Å². The molecular formula is C18H21N3O3. The number of carbonyl (C=O) groups is 1. The zero-order valence-corrected chi connectivity index (χ0v) is 13.7. The van der Waals surface area contributed by atoms with Crippen LogP contribution in [0, 0.1) is 12.8 Å². The predicted octanol–water partition coefficient (Wildman–Crippen LogP) is 3.02. The van der Waals surface area contributed by atoms with Crippen LogP contribution in [0.2, 0.25) is 0 Å². The Kier molecular flexibility index (Phi) is 3.98. The molecule has 6 heteroatoms. The first-order chi connectivity index (χ1) is 11.7. The molecule has 1 aliphatic heterocycles. The van der Waals surface area contributed by atoms with E-state index >= 15 is 0 Å². The van der Waals surface area contributed by atoms with Crippen molar-refractivity contribution in [3.05, 3.63) is 40.8 Å². The van der Waals surface area contributed by atoms with Crippen molar-refractivity contribution in [3.8, 4) is 0 Å². The van der Waals surface area contributed by atoms with Crippen LogP contribution in [0.1, 0.15) is 35.4 Å². The molecule has 0 saturated heterocycles. The molecule has 4 rings (SSSR count). The number of anilines is 2. The van der Waals surface area contributed by atoms with Gasteiger partial charge in [0.2, 0.25) is 5.91 Å². The van der Waals surface area contributed by atoms with Crippen LogP contribution in [0.3, 0.4) is 0 Å². The molecule has 6 nitrogen and oxygen atoms in total. The lowest BCUT2D eigenvalue weighted by molar-refractivity contribution is -0.117. The molecule has 0 radical (unpaired) electrons. The maximum absolute atomic E-state index is 11.9. The normalized spacial score (nSPS) is 16.5. The van der Waals surface area contributed by atoms with Crippen LogP contribution >= 0.6 is 0 Å². The molecule has 1 aromatic heterocycles. The van der Waals surface area contributed by atoms with Gasteiger partial charge in [0.25, 0.3) is 0 Å². The van der Waals surface area contributed by atoms with Gasteiger partial charge in [-0.2, -0.15) is 0 Å². The SMILES string of the molecule is Cc1ccc(NC(=O)C2CC2)cc1NCc1noc2c1COCC2. The van der Waals surface area contributed by atoms with Crippen molar-refractivity contribution in [1.29, 1.82) is 0 Å². The minimum Gasteiger partial charge on any atom is -0.379 e. The molecular weight excluding hydrogens is 306 g/mol. The Morgan fingerprint density at radius 3 is 3.08 bits per heavy atom. The Hall–Kier alpha value is -2.34. The lowest BCUT2D eigenvalue weighted by Gasteiger charge is -2.13. The highest BCUT2D eigenvalue weighted by atomic mass is 16.5. The Morgan fingerprint density at radius 2 is 2.25 bits per heavy atom. The standard InChI is InChI=1S/C18H21N3O3/c1-11-2-5-13(20-18(22)12-3-4-12)8-15(11)19-9-16-14-10-23-7-6-17(14)24-21-16/h2,5,8,12,19H,3-4,6-7,9-10H2,1H3,(H,20,22). The number of nitrogens with zero attached hydrogens (tertiary/aromatic N) is 1. The number of hydrogen-bond acceptors (Lipinski definition) is 5. The van der Waals surface area contributed by atoms with Gasteiger partial charge in [0.15, 0.2) is 0 Å². The molecule has 0 bridgehead atoms. The van der Waals surface area contributed by atoms with E-state index in [4.69, 9.17) is 9.26 Å². The van der Waals surface area contributed by atoms with Gasteiger partial charge in [-0.3, -0.25) is 4.79 Å². The quantitative estimate of drug-likeness (QED) is 0.883. The van der Waals surface area contributed by atoms with Gasteiger partial charge in [0.05, 0.1) is 19.8 Å². The van der Waals surface area contributed by atoms with Crippen molar-refractivity contribution < 1.29 is 14.1 Å². The van der Waals surface area contributed by atoms with Gasteiger partial charge in [-0.25, -0.2) is 0 Å². The summed E-state index contributed by atoms with van der Waals surface area (Å²) < 4.78 is 10.9. The first-order valence-corrected chi connectivity index (χ1v) is 8.40. The number of amides is 1. The van der Waals surface area contributed by atoms with Crippen LogP contribution in [-0.4, -0.2) is 17.7 Å². The zero-order chi connectivity index (χ0) is 16.5. The lowest BCUT2D eigenvalue weighted by Crippen LogP contribution is -2.14. The molecule has 2 aliphatic rings. The first kappa shape index (κ1) is 15.2. The molecule has 1 amide bonds. The highest BCUT2D eigenvalue weighted by Crippen LogP contribution is 2.31. The number of aromatic nitrogens is 1. The van der Waals surface area contributed by atoms with E-state index in [-0.39, 0.29) is 11.8 Å². The third-order valence-electron chi connectivity index (χ3n) is 4.57. The maximum Gasteiger partial charge on any atom is 0.227 e. The van der Waals surface area contributed by atoms with Gasteiger partial charge in [0, 0.05) is 29.3 Å². The van der Waals surface area contributed by atoms with Gasteiger partial charge in [-0.05, 0) is 37.5 Å². The smallest absolute Gasteiger partial charge is 0.227 e. The van der Waals surface area contributed by atoms with E-state index in [9.17, 15) is 4.79 Å². The number of nitrogens with one attached hydrogen (secondary N) is 2. The van der Waals surface area contributed by atoms with Gasteiger partial charge >= 0.3 is 0 Å².